The van der Waals surface area contributed by atoms with Gasteiger partial charge in [-0.15, -0.1) is 0 Å². The summed E-state index contributed by atoms with van der Waals surface area (Å²) in [6, 6.07) is 0. The number of hydrogen-bond acceptors (Lipinski definition) is 0. The Labute approximate surface area is 113 Å². The van der Waals surface area contributed by atoms with Gasteiger partial charge in [-0.05, 0) is 31.8 Å². The summed E-state index contributed by atoms with van der Waals surface area (Å²) < 4.78 is 0. The maximum absolute atomic E-state index is 5.66. The number of halogens is 1. The average Bonchev–Trinajstić information content (AvgIpc) is 3.10. The zero-order valence-electron chi connectivity index (χ0n) is 12.0. The zero-order valence-corrected chi connectivity index (χ0v) is 12.7. The molecule has 0 nitrogen and oxygen atoms in total. The summed E-state index contributed by atoms with van der Waals surface area (Å²) >= 11 is 5.66. The van der Waals surface area contributed by atoms with Crippen LogP contribution >= 0.6 is 11.6 Å². The highest BCUT2D eigenvalue weighted by Crippen LogP contribution is 2.14. The van der Waals surface area contributed by atoms with Crippen LogP contribution in [-0.4, -0.2) is 0 Å². The molecule has 2 aliphatic carbocycles. The van der Waals surface area contributed by atoms with Gasteiger partial charge in [-0.2, -0.15) is 0 Å². The normalized spacial score (nSPS) is 14.1. The number of hydrogen-bond donors (Lipinski definition) is 0. The van der Waals surface area contributed by atoms with Crippen LogP contribution in [0.15, 0.2) is 47.1 Å². The summed E-state index contributed by atoms with van der Waals surface area (Å²) in [6.07, 6.45) is 16.4. The molecule has 17 heavy (non-hydrogen) atoms. The highest BCUT2D eigenvalue weighted by atomic mass is 35.5. The maximum Gasteiger partial charge on any atom is 0.0222 e. The molecule has 0 amide bonds. The SMILES string of the molecule is C1=CCCC1.CC.CC.CC(Cl)=C1C=CC=C1. The van der Waals surface area contributed by atoms with Gasteiger partial charge in [0.15, 0.2) is 0 Å². The van der Waals surface area contributed by atoms with Crippen LogP contribution in [0.1, 0.15) is 53.9 Å². The Kier molecular flexibility index (Phi) is 16.7. The summed E-state index contributed by atoms with van der Waals surface area (Å²) in [5.74, 6) is 0. The molecule has 2 aliphatic rings. The third-order valence-electron chi connectivity index (χ3n) is 1.97. The van der Waals surface area contributed by atoms with Crippen molar-refractivity contribution in [3.8, 4) is 0 Å². The van der Waals surface area contributed by atoms with E-state index in [9.17, 15) is 0 Å². The molecule has 0 bridgehead atoms. The van der Waals surface area contributed by atoms with Gasteiger partial charge in [0, 0.05) is 5.03 Å². The molecule has 0 fully saturated rings. The minimum Gasteiger partial charge on any atom is -0.0888 e. The van der Waals surface area contributed by atoms with Crippen molar-refractivity contribution < 1.29 is 0 Å². The largest absolute Gasteiger partial charge is 0.0888 e. The van der Waals surface area contributed by atoms with Crippen LogP contribution in [0, 0.1) is 0 Å². The Morgan fingerprint density at radius 2 is 1.35 bits per heavy atom. The lowest BCUT2D eigenvalue weighted by Crippen LogP contribution is -1.66. The smallest absolute Gasteiger partial charge is 0.0222 e. The molecule has 0 aliphatic heterocycles. The Morgan fingerprint density at radius 3 is 1.53 bits per heavy atom. The van der Waals surface area contributed by atoms with Gasteiger partial charge in [-0.1, -0.05) is 75.8 Å². The monoisotopic (exact) mass is 254 g/mol. The Morgan fingerprint density at radius 1 is 0.941 bits per heavy atom. The molecular formula is C16H27Cl. The van der Waals surface area contributed by atoms with Gasteiger partial charge in [-0.3, -0.25) is 0 Å². The fourth-order valence-electron chi connectivity index (χ4n) is 1.19. The van der Waals surface area contributed by atoms with Crippen LogP contribution in [0.3, 0.4) is 0 Å². The molecule has 0 aromatic carbocycles. The lowest BCUT2D eigenvalue weighted by atomic mass is 10.3. The van der Waals surface area contributed by atoms with Crippen LogP contribution < -0.4 is 0 Å². The summed E-state index contributed by atoms with van der Waals surface area (Å²) in [5.41, 5.74) is 1.12. The molecule has 0 unspecified atom stereocenters. The van der Waals surface area contributed by atoms with E-state index in [0.29, 0.717) is 0 Å². The van der Waals surface area contributed by atoms with Gasteiger partial charge >= 0.3 is 0 Å². The molecule has 0 N–H and O–H groups in total. The fraction of sp³-hybridized carbons (Fsp3) is 0.500. The first-order chi connectivity index (χ1) is 8.30. The minimum absolute atomic E-state index is 0.856. The first-order valence-corrected chi connectivity index (χ1v) is 7.04. The van der Waals surface area contributed by atoms with E-state index >= 15 is 0 Å². The standard InChI is InChI=1S/C7H7Cl.C5H8.2C2H6/c1-6(8)7-4-2-3-5-7;1-2-4-5-3-1;2*1-2/h2-5H,1H3;1-2H,3-5H2;2*1-2H3. The van der Waals surface area contributed by atoms with E-state index in [4.69, 9.17) is 11.6 Å². The van der Waals surface area contributed by atoms with Gasteiger partial charge in [0.25, 0.3) is 0 Å². The first kappa shape index (κ1) is 18.6. The summed E-state index contributed by atoms with van der Waals surface area (Å²) in [4.78, 5) is 0. The van der Waals surface area contributed by atoms with E-state index in [0.717, 1.165) is 10.6 Å². The molecule has 0 saturated carbocycles. The highest BCUT2D eigenvalue weighted by Gasteiger charge is 1.92. The van der Waals surface area contributed by atoms with Crippen molar-refractivity contribution in [2.75, 3.05) is 0 Å². The second kappa shape index (κ2) is 15.2. The van der Waals surface area contributed by atoms with Crippen molar-refractivity contribution in [3.05, 3.63) is 47.1 Å². The van der Waals surface area contributed by atoms with E-state index in [2.05, 4.69) is 12.2 Å². The predicted molar refractivity (Wildman–Crippen MR) is 82.5 cm³/mol. The quantitative estimate of drug-likeness (QED) is 0.439. The minimum atomic E-state index is 0.856. The van der Waals surface area contributed by atoms with Crippen molar-refractivity contribution in [1.29, 1.82) is 0 Å². The Hall–Kier alpha value is -0.750. The lowest BCUT2D eigenvalue weighted by Gasteiger charge is -1.87. The molecule has 0 atom stereocenters. The van der Waals surface area contributed by atoms with Crippen LogP contribution in [0.4, 0.5) is 0 Å². The van der Waals surface area contributed by atoms with E-state index in [1.165, 1.54) is 19.3 Å². The van der Waals surface area contributed by atoms with Gasteiger partial charge in [-0.25, -0.2) is 0 Å². The van der Waals surface area contributed by atoms with Crippen molar-refractivity contribution in [3.63, 3.8) is 0 Å². The van der Waals surface area contributed by atoms with Crippen molar-refractivity contribution in [1.82, 2.24) is 0 Å². The highest BCUT2D eigenvalue weighted by molar-refractivity contribution is 6.30. The summed E-state index contributed by atoms with van der Waals surface area (Å²) in [7, 11) is 0. The summed E-state index contributed by atoms with van der Waals surface area (Å²) in [6.45, 7) is 9.89. The molecule has 0 aromatic heterocycles. The van der Waals surface area contributed by atoms with E-state index in [-0.39, 0.29) is 0 Å². The van der Waals surface area contributed by atoms with Gasteiger partial charge in [0.1, 0.15) is 0 Å². The molecule has 0 heterocycles. The summed E-state index contributed by atoms with van der Waals surface area (Å²) in [5, 5.41) is 0.856. The van der Waals surface area contributed by atoms with Gasteiger partial charge in [0.05, 0.1) is 0 Å². The second-order valence-electron chi connectivity index (χ2n) is 3.11. The Bertz CT molecular complexity index is 243. The van der Waals surface area contributed by atoms with E-state index in [1.807, 2.05) is 58.9 Å². The van der Waals surface area contributed by atoms with Crippen LogP contribution in [-0.2, 0) is 0 Å². The van der Waals surface area contributed by atoms with Crippen molar-refractivity contribution in [2.24, 2.45) is 0 Å². The van der Waals surface area contributed by atoms with Gasteiger partial charge < -0.3 is 0 Å². The second-order valence-corrected chi connectivity index (χ2v) is 3.68. The number of rotatable bonds is 0. The van der Waals surface area contributed by atoms with Crippen LogP contribution in [0.2, 0.25) is 0 Å². The molecule has 0 spiro atoms. The van der Waals surface area contributed by atoms with E-state index in [1.54, 1.807) is 0 Å². The number of allylic oxidation sites excluding steroid dienone is 8. The van der Waals surface area contributed by atoms with E-state index < -0.39 is 0 Å². The molecule has 1 heteroatoms. The fourth-order valence-corrected chi connectivity index (χ4v) is 1.32. The molecule has 0 radical (unpaired) electrons. The topological polar surface area (TPSA) is 0 Å². The average molecular weight is 255 g/mol. The predicted octanol–water partition coefficient (Wildman–Crippen LogP) is 6.40. The molecule has 98 valence electrons. The van der Waals surface area contributed by atoms with Crippen LogP contribution in [0.25, 0.3) is 0 Å². The maximum atomic E-state index is 5.66. The molecular weight excluding hydrogens is 228 g/mol. The molecule has 0 saturated heterocycles. The lowest BCUT2D eigenvalue weighted by molar-refractivity contribution is 0.929. The molecule has 2 rings (SSSR count). The molecule has 0 aromatic rings. The van der Waals surface area contributed by atoms with Crippen molar-refractivity contribution >= 4 is 11.6 Å². The van der Waals surface area contributed by atoms with Gasteiger partial charge in [0.2, 0.25) is 0 Å². The third kappa shape index (κ3) is 11.5. The van der Waals surface area contributed by atoms with Crippen molar-refractivity contribution in [2.45, 2.75) is 53.9 Å². The first-order valence-electron chi connectivity index (χ1n) is 6.67. The third-order valence-corrected chi connectivity index (χ3v) is 2.19. The Balaban J connectivity index is 0. The van der Waals surface area contributed by atoms with Crippen LogP contribution in [0.5, 0.6) is 0 Å². The zero-order chi connectivity index (χ0) is 13.5.